The maximum atomic E-state index is 10.7. The summed E-state index contributed by atoms with van der Waals surface area (Å²) in [5, 5.41) is 2.77. The number of fused-ring (bicyclic) bond motifs is 1. The monoisotopic (exact) mass is 209 g/mol. The van der Waals surface area contributed by atoms with Gasteiger partial charge in [0.15, 0.2) is 6.29 Å². The van der Waals surface area contributed by atoms with Crippen molar-refractivity contribution in [2.75, 3.05) is 5.73 Å². The van der Waals surface area contributed by atoms with E-state index in [1.807, 2.05) is 5.38 Å². The van der Waals surface area contributed by atoms with E-state index < -0.39 is 0 Å². The van der Waals surface area contributed by atoms with Gasteiger partial charge in [-0.15, -0.1) is 24.0 Å². The zero-order valence-corrected chi connectivity index (χ0v) is 8.36. The van der Waals surface area contributed by atoms with E-state index in [0.717, 1.165) is 21.3 Å². The van der Waals surface area contributed by atoms with Gasteiger partial charge < -0.3 is 5.73 Å². The Hall–Kier alpha value is -1.00. The van der Waals surface area contributed by atoms with E-state index in [-0.39, 0.29) is 0 Å². The molecule has 0 aliphatic carbocycles. The molecule has 0 bridgehead atoms. The van der Waals surface area contributed by atoms with Crippen LogP contribution >= 0.6 is 24.0 Å². The highest BCUT2D eigenvalue weighted by atomic mass is 32.1. The summed E-state index contributed by atoms with van der Waals surface area (Å²) in [5.74, 6) is 0. The molecule has 0 unspecified atom stereocenters. The van der Waals surface area contributed by atoms with Gasteiger partial charge in [-0.3, -0.25) is 4.79 Å². The van der Waals surface area contributed by atoms with Gasteiger partial charge in [-0.05, 0) is 12.1 Å². The lowest BCUT2D eigenvalue weighted by Crippen LogP contribution is -1.88. The van der Waals surface area contributed by atoms with Crippen molar-refractivity contribution in [3.05, 3.63) is 23.1 Å². The zero-order chi connectivity index (χ0) is 9.42. The third kappa shape index (κ3) is 1.22. The molecule has 0 fully saturated rings. The molecular weight excluding hydrogens is 202 g/mol. The Labute approximate surface area is 84.8 Å². The fraction of sp³-hybridized carbons (Fsp3) is 0. The second-order valence-corrected chi connectivity index (χ2v) is 4.05. The Kier molecular flexibility index (Phi) is 2.01. The molecule has 0 amide bonds. The van der Waals surface area contributed by atoms with Gasteiger partial charge in [0.2, 0.25) is 0 Å². The molecule has 0 atom stereocenters. The van der Waals surface area contributed by atoms with Crippen LogP contribution in [0.15, 0.2) is 22.4 Å². The second kappa shape index (κ2) is 3.05. The number of aldehydes is 1. The first kappa shape index (κ1) is 8.59. The first-order valence-corrected chi connectivity index (χ1v) is 5.00. The lowest BCUT2D eigenvalue weighted by atomic mass is 10.1. The molecule has 0 spiro atoms. The Morgan fingerprint density at radius 1 is 1.46 bits per heavy atom. The van der Waals surface area contributed by atoms with Crippen LogP contribution in [-0.2, 0) is 0 Å². The van der Waals surface area contributed by atoms with Crippen LogP contribution in [0.5, 0.6) is 0 Å². The van der Waals surface area contributed by atoms with Crippen LogP contribution in [0.2, 0.25) is 0 Å². The molecule has 0 aliphatic heterocycles. The third-order valence-corrected chi connectivity index (χ3v) is 3.45. The molecule has 2 nitrogen and oxygen atoms in total. The van der Waals surface area contributed by atoms with Crippen LogP contribution < -0.4 is 5.73 Å². The standard InChI is InChI=1S/C9H7NOS2/c10-6-2-1-5(3-11)9-8(6)7(12)4-13-9/h1-4,12H,10H2. The normalized spacial score (nSPS) is 10.5. The van der Waals surface area contributed by atoms with E-state index in [1.54, 1.807) is 12.1 Å². The Morgan fingerprint density at radius 3 is 2.92 bits per heavy atom. The van der Waals surface area contributed by atoms with Crippen molar-refractivity contribution < 1.29 is 4.79 Å². The van der Waals surface area contributed by atoms with Gasteiger partial charge in [0.05, 0.1) is 0 Å². The van der Waals surface area contributed by atoms with Crippen molar-refractivity contribution in [2.45, 2.75) is 4.90 Å². The number of carbonyl (C=O) groups is 1. The van der Waals surface area contributed by atoms with Crippen LogP contribution in [0.4, 0.5) is 5.69 Å². The molecule has 1 heterocycles. The summed E-state index contributed by atoms with van der Waals surface area (Å²) >= 11 is 5.76. The van der Waals surface area contributed by atoms with Gasteiger partial charge >= 0.3 is 0 Å². The number of hydrogen-bond acceptors (Lipinski definition) is 4. The molecule has 1 aromatic heterocycles. The summed E-state index contributed by atoms with van der Waals surface area (Å²) in [5.41, 5.74) is 7.12. The highest BCUT2D eigenvalue weighted by Crippen LogP contribution is 2.34. The topological polar surface area (TPSA) is 43.1 Å². The quantitative estimate of drug-likeness (QED) is 0.430. The Morgan fingerprint density at radius 2 is 2.23 bits per heavy atom. The summed E-state index contributed by atoms with van der Waals surface area (Å²) in [6.07, 6.45) is 0.839. The van der Waals surface area contributed by atoms with Crippen molar-refractivity contribution in [1.82, 2.24) is 0 Å². The summed E-state index contributed by atoms with van der Waals surface area (Å²) in [6, 6.07) is 3.47. The number of hydrogen-bond donors (Lipinski definition) is 2. The fourth-order valence-electron chi connectivity index (χ4n) is 1.27. The molecule has 0 saturated carbocycles. The summed E-state index contributed by atoms with van der Waals surface area (Å²) in [4.78, 5) is 11.5. The maximum absolute atomic E-state index is 10.7. The van der Waals surface area contributed by atoms with Gasteiger partial charge in [0.1, 0.15) is 0 Å². The van der Waals surface area contributed by atoms with E-state index in [1.165, 1.54) is 11.3 Å². The predicted molar refractivity (Wildman–Crippen MR) is 58.9 cm³/mol. The Bertz CT molecular complexity index is 476. The first-order valence-electron chi connectivity index (χ1n) is 3.68. The average Bonchev–Trinajstić information content (AvgIpc) is 2.50. The molecule has 2 N–H and O–H groups in total. The summed E-state index contributed by atoms with van der Waals surface area (Å²) in [6.45, 7) is 0. The molecular formula is C9H7NOS2. The third-order valence-electron chi connectivity index (χ3n) is 1.89. The second-order valence-electron chi connectivity index (χ2n) is 2.69. The van der Waals surface area contributed by atoms with Crippen molar-refractivity contribution in [2.24, 2.45) is 0 Å². The van der Waals surface area contributed by atoms with Gasteiger partial charge in [0, 0.05) is 31.6 Å². The molecule has 13 heavy (non-hydrogen) atoms. The largest absolute Gasteiger partial charge is 0.398 e. The van der Waals surface area contributed by atoms with Crippen LogP contribution in [0, 0.1) is 0 Å². The molecule has 0 radical (unpaired) electrons. The number of nitrogen functional groups attached to an aromatic ring is 1. The number of thiol groups is 1. The van der Waals surface area contributed by atoms with Crippen LogP contribution in [0.3, 0.4) is 0 Å². The minimum Gasteiger partial charge on any atom is -0.398 e. The minimum atomic E-state index is 0.673. The van der Waals surface area contributed by atoms with Crippen LogP contribution in [0.25, 0.3) is 10.1 Å². The first-order chi connectivity index (χ1) is 6.24. The zero-order valence-electron chi connectivity index (χ0n) is 6.65. The van der Waals surface area contributed by atoms with E-state index in [2.05, 4.69) is 12.6 Å². The number of benzene rings is 1. The highest BCUT2D eigenvalue weighted by molar-refractivity contribution is 7.80. The molecule has 4 heteroatoms. The maximum Gasteiger partial charge on any atom is 0.151 e. The Balaban J connectivity index is 2.95. The predicted octanol–water partition coefficient (Wildman–Crippen LogP) is 2.58. The van der Waals surface area contributed by atoms with Crippen molar-refractivity contribution in [3.63, 3.8) is 0 Å². The van der Waals surface area contributed by atoms with Gasteiger partial charge in [-0.2, -0.15) is 0 Å². The van der Waals surface area contributed by atoms with Crippen molar-refractivity contribution >= 4 is 46.0 Å². The highest BCUT2D eigenvalue weighted by Gasteiger charge is 2.08. The lowest BCUT2D eigenvalue weighted by Gasteiger charge is -1.99. The van der Waals surface area contributed by atoms with Crippen molar-refractivity contribution in [1.29, 1.82) is 0 Å². The van der Waals surface area contributed by atoms with Gasteiger partial charge in [-0.25, -0.2) is 0 Å². The summed E-state index contributed by atoms with van der Waals surface area (Å²) < 4.78 is 0.917. The van der Waals surface area contributed by atoms with Gasteiger partial charge in [-0.1, -0.05) is 0 Å². The van der Waals surface area contributed by atoms with E-state index >= 15 is 0 Å². The number of thiophene rings is 1. The fourth-order valence-corrected chi connectivity index (χ4v) is 2.69. The number of anilines is 1. The SMILES string of the molecule is Nc1ccc(C=O)c2scc(S)c12. The molecule has 1 aromatic carbocycles. The molecule has 66 valence electrons. The lowest BCUT2D eigenvalue weighted by molar-refractivity contribution is 0.112. The smallest absolute Gasteiger partial charge is 0.151 e. The van der Waals surface area contributed by atoms with Gasteiger partial charge in [0.25, 0.3) is 0 Å². The van der Waals surface area contributed by atoms with E-state index in [9.17, 15) is 4.79 Å². The number of nitrogens with two attached hydrogens (primary N) is 1. The molecule has 2 rings (SSSR count). The minimum absolute atomic E-state index is 0.673. The number of rotatable bonds is 1. The van der Waals surface area contributed by atoms with Crippen LogP contribution in [-0.4, -0.2) is 6.29 Å². The molecule has 0 aliphatic rings. The molecule has 2 aromatic rings. The van der Waals surface area contributed by atoms with Crippen molar-refractivity contribution in [3.8, 4) is 0 Å². The molecule has 0 saturated heterocycles. The summed E-state index contributed by atoms with van der Waals surface area (Å²) in [7, 11) is 0. The average molecular weight is 209 g/mol. The van der Waals surface area contributed by atoms with E-state index in [0.29, 0.717) is 11.3 Å². The number of carbonyl (C=O) groups excluding carboxylic acids is 1. The van der Waals surface area contributed by atoms with Crippen LogP contribution in [0.1, 0.15) is 10.4 Å². The van der Waals surface area contributed by atoms with E-state index in [4.69, 9.17) is 5.73 Å².